The van der Waals surface area contributed by atoms with Gasteiger partial charge in [0, 0.05) is 22.5 Å². The molecule has 2 aromatic heterocycles. The van der Waals surface area contributed by atoms with Gasteiger partial charge in [-0.3, -0.25) is 0 Å². The van der Waals surface area contributed by atoms with Gasteiger partial charge in [-0.2, -0.15) is 9.38 Å². The first kappa shape index (κ1) is 14.8. The van der Waals surface area contributed by atoms with Gasteiger partial charge in [-0.25, -0.2) is 0 Å². The summed E-state index contributed by atoms with van der Waals surface area (Å²) in [5.74, 6) is -0.0226. The van der Waals surface area contributed by atoms with E-state index in [0.717, 1.165) is 0 Å². The van der Waals surface area contributed by atoms with E-state index in [4.69, 9.17) is 11.6 Å². The van der Waals surface area contributed by atoms with E-state index in [-0.39, 0.29) is 18.2 Å². The number of benzene rings is 1. The van der Waals surface area contributed by atoms with Crippen molar-refractivity contribution in [3.8, 4) is 0 Å². The van der Waals surface area contributed by atoms with Crippen LogP contribution in [0, 0.1) is 10.1 Å². The normalized spacial score (nSPS) is 12.5. The first-order valence-corrected chi connectivity index (χ1v) is 7.60. The fourth-order valence-corrected chi connectivity index (χ4v) is 3.09. The van der Waals surface area contributed by atoms with Crippen LogP contribution in [0.4, 0.5) is 11.6 Å². The van der Waals surface area contributed by atoms with E-state index in [2.05, 4.69) is 10.3 Å². The maximum atomic E-state index is 11.2. The molecule has 114 valence electrons. The average Bonchev–Trinajstić information content (AvgIpc) is 3.04. The number of nitrogens with zero attached hydrogens (tertiary/aromatic N) is 3. The number of nitrogens with one attached hydrogen (secondary N) is 1. The van der Waals surface area contributed by atoms with Crippen molar-refractivity contribution in [2.45, 2.75) is 6.10 Å². The van der Waals surface area contributed by atoms with Crippen LogP contribution in [0.2, 0.25) is 5.02 Å². The molecule has 0 aliphatic heterocycles. The van der Waals surface area contributed by atoms with Gasteiger partial charge in [0.1, 0.15) is 6.20 Å². The number of hydrogen-bond donors (Lipinski definition) is 2. The number of aliphatic hydroxyl groups excluding tert-OH is 1. The predicted octanol–water partition coefficient (Wildman–Crippen LogP) is 3.10. The standard InChI is InChI=1S/C13H11ClN4O3S/c14-9-4-2-1-3-8(9)10(19)7-15-11-12(18(20)21)17-5-6-22-13(17)16-11/h1-6,10,15,19H,7H2. The highest BCUT2D eigenvalue weighted by Gasteiger charge is 2.24. The Hall–Kier alpha value is -2.16. The lowest BCUT2D eigenvalue weighted by atomic mass is 10.1. The van der Waals surface area contributed by atoms with Gasteiger partial charge in [-0.1, -0.05) is 41.1 Å². The molecule has 0 fully saturated rings. The number of aliphatic hydroxyl groups is 1. The topological polar surface area (TPSA) is 92.7 Å². The summed E-state index contributed by atoms with van der Waals surface area (Å²) in [6.07, 6.45) is 0.689. The molecule has 0 saturated carbocycles. The van der Waals surface area contributed by atoms with Gasteiger partial charge in [-0.05, 0) is 11.0 Å². The molecule has 2 heterocycles. The molecule has 1 atom stereocenters. The van der Waals surface area contributed by atoms with Crippen LogP contribution < -0.4 is 5.32 Å². The predicted molar refractivity (Wildman–Crippen MR) is 84.6 cm³/mol. The highest BCUT2D eigenvalue weighted by molar-refractivity contribution is 7.15. The largest absolute Gasteiger partial charge is 0.387 e. The molecule has 7 nitrogen and oxygen atoms in total. The number of thiazole rings is 1. The van der Waals surface area contributed by atoms with Gasteiger partial charge in [-0.15, -0.1) is 0 Å². The number of hydrogen-bond acceptors (Lipinski definition) is 6. The molecule has 9 heteroatoms. The van der Waals surface area contributed by atoms with Crippen molar-refractivity contribution in [1.29, 1.82) is 0 Å². The highest BCUT2D eigenvalue weighted by atomic mass is 35.5. The van der Waals surface area contributed by atoms with Gasteiger partial charge < -0.3 is 20.5 Å². The summed E-state index contributed by atoms with van der Waals surface area (Å²) >= 11 is 7.31. The Morgan fingerprint density at radius 1 is 1.50 bits per heavy atom. The summed E-state index contributed by atoms with van der Waals surface area (Å²) in [4.78, 5) is 15.4. The van der Waals surface area contributed by atoms with Crippen molar-refractivity contribution >= 4 is 39.5 Å². The lowest BCUT2D eigenvalue weighted by molar-refractivity contribution is -0.389. The molecule has 0 radical (unpaired) electrons. The molecule has 2 N–H and O–H groups in total. The van der Waals surface area contributed by atoms with Gasteiger partial charge in [0.15, 0.2) is 0 Å². The van der Waals surface area contributed by atoms with E-state index in [1.165, 1.54) is 15.7 Å². The van der Waals surface area contributed by atoms with Crippen molar-refractivity contribution in [2.75, 3.05) is 11.9 Å². The summed E-state index contributed by atoms with van der Waals surface area (Å²) in [7, 11) is 0. The van der Waals surface area contributed by atoms with Crippen LogP contribution in [0.5, 0.6) is 0 Å². The second kappa shape index (κ2) is 5.91. The average molecular weight is 339 g/mol. The Morgan fingerprint density at radius 3 is 3.00 bits per heavy atom. The first-order chi connectivity index (χ1) is 10.6. The third-order valence-electron chi connectivity index (χ3n) is 3.14. The molecule has 0 aliphatic carbocycles. The SMILES string of the molecule is O=[N+]([O-])c1c(NCC(O)c2ccccc2Cl)nc2sccn12. The first-order valence-electron chi connectivity index (χ1n) is 6.34. The molecule has 0 aliphatic rings. The summed E-state index contributed by atoms with van der Waals surface area (Å²) < 4.78 is 1.40. The number of nitro groups is 1. The molecule has 1 unspecified atom stereocenters. The van der Waals surface area contributed by atoms with Crippen molar-refractivity contribution in [3.05, 3.63) is 56.5 Å². The van der Waals surface area contributed by atoms with Crippen LogP contribution in [0.1, 0.15) is 11.7 Å². The van der Waals surface area contributed by atoms with Crippen molar-refractivity contribution in [3.63, 3.8) is 0 Å². The van der Waals surface area contributed by atoms with Gasteiger partial charge >= 0.3 is 5.82 Å². The molecule has 1 aromatic carbocycles. The maximum Gasteiger partial charge on any atom is 0.372 e. The van der Waals surface area contributed by atoms with Crippen molar-refractivity contribution < 1.29 is 10.0 Å². The van der Waals surface area contributed by atoms with E-state index in [0.29, 0.717) is 15.5 Å². The van der Waals surface area contributed by atoms with Crippen molar-refractivity contribution in [2.24, 2.45) is 0 Å². The third-order valence-corrected chi connectivity index (χ3v) is 4.24. The second-order valence-electron chi connectivity index (χ2n) is 4.51. The highest BCUT2D eigenvalue weighted by Crippen LogP contribution is 2.29. The molecule has 22 heavy (non-hydrogen) atoms. The molecule has 3 aromatic rings. The number of imidazole rings is 1. The molecule has 0 saturated heterocycles. The molecule has 0 amide bonds. The van der Waals surface area contributed by atoms with Crippen LogP contribution in [-0.4, -0.2) is 26.0 Å². The number of halogens is 1. The van der Waals surface area contributed by atoms with Crippen LogP contribution >= 0.6 is 22.9 Å². The third kappa shape index (κ3) is 2.63. The fraction of sp³-hybridized carbons (Fsp3) is 0.154. The molecular weight excluding hydrogens is 328 g/mol. The second-order valence-corrected chi connectivity index (χ2v) is 5.80. The van der Waals surface area contributed by atoms with E-state index in [9.17, 15) is 15.2 Å². The smallest absolute Gasteiger partial charge is 0.372 e. The Kier molecular flexibility index (Phi) is 3.97. The summed E-state index contributed by atoms with van der Waals surface area (Å²) in [6.45, 7) is 0.0649. The molecule has 3 rings (SSSR count). The fourth-order valence-electron chi connectivity index (χ4n) is 2.12. The van der Waals surface area contributed by atoms with Gasteiger partial charge in [0.2, 0.25) is 5.82 Å². The van der Waals surface area contributed by atoms with Gasteiger partial charge in [0.25, 0.3) is 4.96 Å². The summed E-state index contributed by atoms with van der Waals surface area (Å²) in [6, 6.07) is 6.91. The number of anilines is 1. The lowest BCUT2D eigenvalue weighted by Gasteiger charge is -2.13. The number of fused-ring (bicyclic) bond motifs is 1. The molecular formula is C13H11ClN4O3S. The van der Waals surface area contributed by atoms with Crippen LogP contribution in [0.15, 0.2) is 35.8 Å². The minimum absolute atomic E-state index is 0.0649. The minimum Gasteiger partial charge on any atom is -0.387 e. The van der Waals surface area contributed by atoms with Crippen molar-refractivity contribution in [1.82, 2.24) is 9.38 Å². The zero-order chi connectivity index (χ0) is 15.7. The summed E-state index contributed by atoms with van der Waals surface area (Å²) in [5, 5.41) is 26.3. The maximum absolute atomic E-state index is 11.2. The molecule has 0 spiro atoms. The Morgan fingerprint density at radius 2 is 2.27 bits per heavy atom. The number of aromatic nitrogens is 2. The Balaban J connectivity index is 1.82. The Bertz CT molecular complexity index is 832. The van der Waals surface area contributed by atoms with E-state index >= 15 is 0 Å². The van der Waals surface area contributed by atoms with E-state index in [1.807, 2.05) is 0 Å². The number of rotatable bonds is 5. The van der Waals surface area contributed by atoms with Crippen LogP contribution in [-0.2, 0) is 0 Å². The Labute approximate surface area is 133 Å². The summed E-state index contributed by atoms with van der Waals surface area (Å²) in [5.41, 5.74) is 0.556. The minimum atomic E-state index is -0.895. The monoisotopic (exact) mass is 338 g/mol. The zero-order valence-electron chi connectivity index (χ0n) is 11.1. The van der Waals surface area contributed by atoms with E-state index in [1.54, 1.807) is 35.8 Å². The zero-order valence-corrected chi connectivity index (χ0v) is 12.7. The molecule has 0 bridgehead atoms. The van der Waals surface area contributed by atoms with Gasteiger partial charge in [0.05, 0.1) is 6.10 Å². The van der Waals surface area contributed by atoms with Crippen LogP contribution in [0.3, 0.4) is 0 Å². The lowest BCUT2D eigenvalue weighted by Crippen LogP contribution is -2.13. The van der Waals surface area contributed by atoms with Crippen LogP contribution in [0.25, 0.3) is 4.96 Å². The van der Waals surface area contributed by atoms with E-state index < -0.39 is 11.0 Å². The quantitative estimate of drug-likeness (QED) is 0.551.